The van der Waals surface area contributed by atoms with Crippen molar-refractivity contribution in [2.24, 2.45) is 0 Å². The lowest BCUT2D eigenvalue weighted by molar-refractivity contribution is 0.416. The molecule has 0 atom stereocenters. The van der Waals surface area contributed by atoms with E-state index in [9.17, 15) is 5.11 Å². The van der Waals surface area contributed by atoms with Crippen molar-refractivity contribution < 1.29 is 5.11 Å². The van der Waals surface area contributed by atoms with Crippen LogP contribution >= 0.6 is 7.26 Å². The SMILES string of the molecule is C/C(O)=C/[P+](c1ccccc1)(c1ccccc1)c1ccccc1. The van der Waals surface area contributed by atoms with Crippen LogP contribution in [0.15, 0.2) is 103 Å². The van der Waals surface area contributed by atoms with Crippen LogP contribution in [0.1, 0.15) is 6.92 Å². The Morgan fingerprint density at radius 2 is 0.957 bits per heavy atom. The minimum atomic E-state index is -2.02. The van der Waals surface area contributed by atoms with Crippen LogP contribution in [0.3, 0.4) is 0 Å². The summed E-state index contributed by atoms with van der Waals surface area (Å²) in [5.41, 5.74) is 0. The molecule has 0 bridgehead atoms. The lowest BCUT2D eigenvalue weighted by Crippen LogP contribution is -2.29. The van der Waals surface area contributed by atoms with Crippen molar-refractivity contribution in [1.82, 2.24) is 0 Å². The molecule has 1 nitrogen and oxygen atoms in total. The second-order valence-electron chi connectivity index (χ2n) is 5.50. The Kier molecular flexibility index (Phi) is 4.60. The van der Waals surface area contributed by atoms with E-state index in [1.54, 1.807) is 6.92 Å². The summed E-state index contributed by atoms with van der Waals surface area (Å²) < 4.78 is 0. The fraction of sp³-hybridized carbons (Fsp3) is 0.0476. The Hall–Kier alpha value is -2.37. The van der Waals surface area contributed by atoms with E-state index in [1.807, 2.05) is 24.0 Å². The van der Waals surface area contributed by atoms with Crippen LogP contribution in [-0.2, 0) is 0 Å². The minimum Gasteiger partial charge on any atom is -0.509 e. The van der Waals surface area contributed by atoms with E-state index in [-0.39, 0.29) is 0 Å². The van der Waals surface area contributed by atoms with E-state index in [0.29, 0.717) is 5.76 Å². The minimum absolute atomic E-state index is 0.356. The summed E-state index contributed by atoms with van der Waals surface area (Å²) in [6.45, 7) is 1.75. The third-order valence-electron chi connectivity index (χ3n) is 3.87. The van der Waals surface area contributed by atoms with E-state index in [1.165, 1.54) is 15.9 Å². The average Bonchev–Trinajstić information content (AvgIpc) is 2.62. The molecular weight excluding hydrogens is 299 g/mol. The Labute approximate surface area is 138 Å². The first-order valence-corrected chi connectivity index (χ1v) is 9.53. The van der Waals surface area contributed by atoms with Crippen LogP contribution in [0.25, 0.3) is 0 Å². The van der Waals surface area contributed by atoms with E-state index >= 15 is 0 Å². The molecule has 1 N–H and O–H groups in total. The molecule has 0 heterocycles. The lowest BCUT2D eigenvalue weighted by atomic mass is 10.4. The van der Waals surface area contributed by atoms with Gasteiger partial charge in [0.1, 0.15) is 34.8 Å². The number of aliphatic hydroxyl groups excluding tert-OH is 1. The third kappa shape index (κ3) is 3.06. The van der Waals surface area contributed by atoms with Crippen molar-refractivity contribution in [1.29, 1.82) is 0 Å². The van der Waals surface area contributed by atoms with Gasteiger partial charge >= 0.3 is 0 Å². The smallest absolute Gasteiger partial charge is 0.140 e. The molecule has 0 saturated heterocycles. The van der Waals surface area contributed by atoms with Gasteiger partial charge in [-0.3, -0.25) is 0 Å². The molecule has 0 radical (unpaired) electrons. The Bertz CT molecular complexity index is 679. The molecule has 3 aromatic carbocycles. The molecule has 0 aliphatic rings. The Morgan fingerprint density at radius 3 is 1.22 bits per heavy atom. The fourth-order valence-corrected chi connectivity index (χ4v) is 6.77. The molecule has 3 rings (SSSR count). The molecule has 114 valence electrons. The van der Waals surface area contributed by atoms with E-state index in [4.69, 9.17) is 0 Å². The van der Waals surface area contributed by atoms with Gasteiger partial charge < -0.3 is 5.11 Å². The lowest BCUT2D eigenvalue weighted by Gasteiger charge is -2.24. The van der Waals surface area contributed by atoms with Crippen molar-refractivity contribution in [3.63, 3.8) is 0 Å². The van der Waals surface area contributed by atoms with Crippen molar-refractivity contribution in [3.05, 3.63) is 103 Å². The van der Waals surface area contributed by atoms with Crippen LogP contribution in [-0.4, -0.2) is 5.11 Å². The molecular formula is C21H20OP+. The highest BCUT2D eigenvalue weighted by Crippen LogP contribution is 2.57. The number of hydrogen-bond acceptors (Lipinski definition) is 1. The van der Waals surface area contributed by atoms with E-state index < -0.39 is 7.26 Å². The van der Waals surface area contributed by atoms with Crippen LogP contribution in [0.5, 0.6) is 0 Å². The summed E-state index contributed by atoms with van der Waals surface area (Å²) in [5, 5.41) is 13.9. The molecule has 2 heteroatoms. The van der Waals surface area contributed by atoms with Gasteiger partial charge in [-0.25, -0.2) is 0 Å². The zero-order chi connectivity index (χ0) is 16.1. The van der Waals surface area contributed by atoms with Crippen LogP contribution in [0.2, 0.25) is 0 Å². The number of hydrogen-bond donors (Lipinski definition) is 1. The van der Waals surface area contributed by atoms with Crippen LogP contribution in [0.4, 0.5) is 0 Å². The van der Waals surface area contributed by atoms with Crippen molar-refractivity contribution in [2.75, 3.05) is 0 Å². The summed E-state index contributed by atoms with van der Waals surface area (Å²) in [5.74, 6) is 2.40. The average molecular weight is 319 g/mol. The maximum atomic E-state index is 10.2. The summed E-state index contributed by atoms with van der Waals surface area (Å²) in [6.07, 6.45) is 0. The summed E-state index contributed by atoms with van der Waals surface area (Å²) >= 11 is 0. The normalized spacial score (nSPS) is 12.1. The monoisotopic (exact) mass is 319 g/mol. The molecule has 0 fully saturated rings. The summed E-state index contributed by atoms with van der Waals surface area (Å²) in [4.78, 5) is 0. The van der Waals surface area contributed by atoms with Crippen LogP contribution in [0, 0.1) is 0 Å². The molecule has 0 amide bonds. The standard InChI is InChI=1S/C21H19OP/c1-18(22)17-23(19-11-5-2-6-12-19,20-13-7-3-8-14-20)21-15-9-4-10-16-21/h2-17H,1H3/p+1/b18-17-. The molecule has 0 aromatic heterocycles. The Balaban J connectivity index is 2.38. The second-order valence-corrected chi connectivity index (χ2v) is 8.75. The third-order valence-corrected chi connectivity index (χ3v) is 7.97. The number of allylic oxidation sites excluding steroid dienone is 1. The predicted molar refractivity (Wildman–Crippen MR) is 102 cm³/mol. The molecule has 23 heavy (non-hydrogen) atoms. The largest absolute Gasteiger partial charge is 0.509 e. The van der Waals surface area contributed by atoms with E-state index in [2.05, 4.69) is 72.8 Å². The van der Waals surface area contributed by atoms with Gasteiger partial charge in [0.15, 0.2) is 0 Å². The van der Waals surface area contributed by atoms with Crippen molar-refractivity contribution in [2.45, 2.75) is 6.92 Å². The molecule has 0 unspecified atom stereocenters. The summed E-state index contributed by atoms with van der Waals surface area (Å²) in [6, 6.07) is 31.4. The highest BCUT2D eigenvalue weighted by molar-refractivity contribution is 7.98. The van der Waals surface area contributed by atoms with Gasteiger partial charge in [-0.1, -0.05) is 54.6 Å². The summed E-state index contributed by atoms with van der Waals surface area (Å²) in [7, 11) is -2.02. The maximum absolute atomic E-state index is 10.2. The van der Waals surface area contributed by atoms with Gasteiger partial charge in [0.05, 0.1) is 0 Å². The van der Waals surface area contributed by atoms with E-state index in [0.717, 1.165) is 0 Å². The first-order valence-electron chi connectivity index (χ1n) is 7.67. The van der Waals surface area contributed by atoms with Crippen molar-refractivity contribution in [3.8, 4) is 0 Å². The number of rotatable bonds is 4. The van der Waals surface area contributed by atoms with Gasteiger partial charge in [0, 0.05) is 0 Å². The number of aliphatic hydroxyl groups is 1. The predicted octanol–water partition coefficient (Wildman–Crippen LogP) is 4.40. The fourth-order valence-electron chi connectivity index (χ4n) is 2.94. The van der Waals surface area contributed by atoms with Crippen LogP contribution < -0.4 is 15.9 Å². The van der Waals surface area contributed by atoms with Gasteiger partial charge in [0.25, 0.3) is 0 Å². The molecule has 0 aliphatic heterocycles. The zero-order valence-corrected chi connectivity index (χ0v) is 14.0. The molecule has 0 spiro atoms. The van der Waals surface area contributed by atoms with Crippen molar-refractivity contribution >= 4 is 23.2 Å². The molecule has 0 aliphatic carbocycles. The topological polar surface area (TPSA) is 20.2 Å². The highest BCUT2D eigenvalue weighted by atomic mass is 31.2. The highest BCUT2D eigenvalue weighted by Gasteiger charge is 2.43. The first-order chi connectivity index (χ1) is 11.2. The molecule has 0 saturated carbocycles. The Morgan fingerprint density at radius 1 is 0.652 bits per heavy atom. The maximum Gasteiger partial charge on any atom is 0.140 e. The first kappa shape index (κ1) is 15.5. The van der Waals surface area contributed by atoms with Gasteiger partial charge in [-0.15, -0.1) is 0 Å². The molecule has 3 aromatic rings. The zero-order valence-electron chi connectivity index (χ0n) is 13.1. The van der Waals surface area contributed by atoms with Gasteiger partial charge in [0.2, 0.25) is 0 Å². The second kappa shape index (κ2) is 6.81. The van der Waals surface area contributed by atoms with Gasteiger partial charge in [-0.2, -0.15) is 0 Å². The number of benzene rings is 3. The van der Waals surface area contributed by atoms with Gasteiger partial charge in [-0.05, 0) is 43.3 Å². The quantitative estimate of drug-likeness (QED) is 0.558.